The highest BCUT2D eigenvalue weighted by Gasteiger charge is 2.24. The van der Waals surface area contributed by atoms with Gasteiger partial charge < -0.3 is 9.64 Å². The van der Waals surface area contributed by atoms with Crippen LogP contribution in [-0.4, -0.2) is 36.8 Å². The Morgan fingerprint density at radius 1 is 1.33 bits per heavy atom. The number of nitrogens with zero attached hydrogens (tertiary/aromatic N) is 1. The van der Waals surface area contributed by atoms with Gasteiger partial charge in [0.05, 0.1) is 7.11 Å². The summed E-state index contributed by atoms with van der Waals surface area (Å²) in [5.74, 6) is -0.712. The van der Waals surface area contributed by atoms with Crippen LogP contribution >= 0.6 is 0 Å². The maximum absolute atomic E-state index is 13.4. The first-order valence-electron chi connectivity index (χ1n) is 5.76. The van der Waals surface area contributed by atoms with Gasteiger partial charge in [-0.15, -0.1) is 0 Å². The van der Waals surface area contributed by atoms with Gasteiger partial charge in [-0.3, -0.25) is 9.59 Å². The van der Waals surface area contributed by atoms with Crippen molar-refractivity contribution >= 4 is 11.7 Å². The van der Waals surface area contributed by atoms with Gasteiger partial charge in [0.25, 0.3) is 0 Å². The zero-order chi connectivity index (χ0) is 13.1. The summed E-state index contributed by atoms with van der Waals surface area (Å²) in [7, 11) is 1.36. The van der Waals surface area contributed by atoms with Gasteiger partial charge in [-0.05, 0) is 18.2 Å². The van der Waals surface area contributed by atoms with Crippen LogP contribution in [0.4, 0.5) is 4.39 Å². The molecule has 0 radical (unpaired) electrons. The van der Waals surface area contributed by atoms with E-state index in [0.717, 1.165) is 19.2 Å². The van der Waals surface area contributed by atoms with Crippen LogP contribution in [0.2, 0.25) is 0 Å². The van der Waals surface area contributed by atoms with Crippen molar-refractivity contribution in [3.63, 3.8) is 0 Å². The Kier molecular flexibility index (Phi) is 3.60. The molecule has 0 spiro atoms. The summed E-state index contributed by atoms with van der Waals surface area (Å²) in [4.78, 5) is 24.8. The van der Waals surface area contributed by atoms with Crippen LogP contribution in [0.1, 0.15) is 23.2 Å². The lowest BCUT2D eigenvalue weighted by atomic mass is 10.1. The zero-order valence-electron chi connectivity index (χ0n) is 10.1. The second-order valence-corrected chi connectivity index (χ2v) is 4.15. The second-order valence-electron chi connectivity index (χ2n) is 4.15. The topological polar surface area (TPSA) is 46.4 Å². The molecule has 0 N–H and O–H groups in total. The molecular formula is C13H14FNO3. The number of methoxy groups -OCH3 is 1. The first kappa shape index (κ1) is 12.5. The van der Waals surface area contributed by atoms with Crippen molar-refractivity contribution in [1.29, 1.82) is 0 Å². The number of carbonyl (C=O) groups is 2. The standard InChI is InChI=1S/C13H14FNO3/c1-18-12-4-2-9(8-10(12)14)11(16)3-5-13(17)15-6-7-15/h2,4,8H,3,5-7H2,1H3. The zero-order valence-corrected chi connectivity index (χ0v) is 10.1. The second kappa shape index (κ2) is 5.16. The third-order valence-electron chi connectivity index (χ3n) is 2.84. The Morgan fingerprint density at radius 2 is 2.06 bits per heavy atom. The highest BCUT2D eigenvalue weighted by atomic mass is 19.1. The van der Waals surface area contributed by atoms with Crippen LogP contribution in [0, 0.1) is 5.82 Å². The Morgan fingerprint density at radius 3 is 2.61 bits per heavy atom. The third kappa shape index (κ3) is 2.85. The molecule has 0 unspecified atom stereocenters. The molecule has 1 fully saturated rings. The lowest BCUT2D eigenvalue weighted by molar-refractivity contribution is -0.125. The monoisotopic (exact) mass is 251 g/mol. The first-order chi connectivity index (χ1) is 8.61. The van der Waals surface area contributed by atoms with Gasteiger partial charge in [0, 0.05) is 31.5 Å². The Bertz CT molecular complexity index is 483. The van der Waals surface area contributed by atoms with Gasteiger partial charge in [0.15, 0.2) is 17.3 Å². The lowest BCUT2D eigenvalue weighted by Gasteiger charge is -2.05. The van der Waals surface area contributed by atoms with Crippen molar-refractivity contribution in [3.05, 3.63) is 29.6 Å². The van der Waals surface area contributed by atoms with E-state index in [2.05, 4.69) is 0 Å². The van der Waals surface area contributed by atoms with E-state index in [-0.39, 0.29) is 35.8 Å². The molecule has 5 heteroatoms. The van der Waals surface area contributed by atoms with E-state index in [4.69, 9.17) is 4.74 Å². The van der Waals surface area contributed by atoms with Gasteiger partial charge in [-0.25, -0.2) is 4.39 Å². The number of hydrogen-bond acceptors (Lipinski definition) is 3. The van der Waals surface area contributed by atoms with Crippen molar-refractivity contribution in [2.24, 2.45) is 0 Å². The highest BCUT2D eigenvalue weighted by molar-refractivity contribution is 5.98. The van der Waals surface area contributed by atoms with Crippen molar-refractivity contribution in [2.45, 2.75) is 12.8 Å². The summed E-state index contributed by atoms with van der Waals surface area (Å²) in [6.07, 6.45) is 0.299. The van der Waals surface area contributed by atoms with Gasteiger partial charge in [-0.2, -0.15) is 0 Å². The Hall–Kier alpha value is -1.91. The summed E-state index contributed by atoms with van der Waals surface area (Å²) >= 11 is 0. The lowest BCUT2D eigenvalue weighted by Crippen LogP contribution is -2.12. The molecule has 1 aromatic carbocycles. The van der Waals surface area contributed by atoms with E-state index in [1.165, 1.54) is 19.2 Å². The van der Waals surface area contributed by atoms with Crippen LogP contribution in [0.15, 0.2) is 18.2 Å². The van der Waals surface area contributed by atoms with Crippen molar-refractivity contribution < 1.29 is 18.7 Å². The molecule has 1 amide bonds. The van der Waals surface area contributed by atoms with Crippen LogP contribution in [0.5, 0.6) is 5.75 Å². The van der Waals surface area contributed by atoms with E-state index in [9.17, 15) is 14.0 Å². The van der Waals surface area contributed by atoms with E-state index >= 15 is 0 Å². The third-order valence-corrected chi connectivity index (χ3v) is 2.84. The van der Waals surface area contributed by atoms with Crippen molar-refractivity contribution in [3.8, 4) is 5.75 Å². The van der Waals surface area contributed by atoms with Crippen molar-refractivity contribution in [2.75, 3.05) is 20.2 Å². The fourth-order valence-corrected chi connectivity index (χ4v) is 1.66. The Labute approximate surface area is 104 Å². The summed E-state index contributed by atoms with van der Waals surface area (Å²) in [5, 5.41) is 0. The molecule has 4 nitrogen and oxygen atoms in total. The number of amides is 1. The number of benzene rings is 1. The fraction of sp³-hybridized carbons (Fsp3) is 0.385. The minimum absolute atomic E-state index is 0.0164. The summed E-state index contributed by atoms with van der Waals surface area (Å²) in [6, 6.07) is 4.06. The maximum atomic E-state index is 13.4. The maximum Gasteiger partial charge on any atom is 0.223 e. The Balaban J connectivity index is 1.95. The van der Waals surface area contributed by atoms with E-state index in [1.54, 1.807) is 4.90 Å². The molecule has 0 aromatic heterocycles. The molecule has 1 aliphatic heterocycles. The average Bonchev–Trinajstić information content (AvgIpc) is 3.19. The molecule has 1 heterocycles. The fourth-order valence-electron chi connectivity index (χ4n) is 1.66. The van der Waals surface area contributed by atoms with Gasteiger partial charge >= 0.3 is 0 Å². The number of hydrogen-bond donors (Lipinski definition) is 0. The molecule has 0 saturated carbocycles. The number of ether oxygens (including phenoxy) is 1. The van der Waals surface area contributed by atoms with E-state index in [1.807, 2.05) is 0 Å². The van der Waals surface area contributed by atoms with Crippen LogP contribution in [-0.2, 0) is 4.79 Å². The van der Waals surface area contributed by atoms with Gasteiger partial charge in [0.1, 0.15) is 0 Å². The molecule has 1 saturated heterocycles. The minimum Gasteiger partial charge on any atom is -0.494 e. The summed E-state index contributed by atoms with van der Waals surface area (Å²) < 4.78 is 18.2. The molecule has 0 aliphatic carbocycles. The molecule has 1 aliphatic rings. The predicted molar refractivity (Wildman–Crippen MR) is 63.1 cm³/mol. The molecule has 0 bridgehead atoms. The van der Waals surface area contributed by atoms with Crippen LogP contribution in [0.25, 0.3) is 0 Å². The molecule has 1 aromatic rings. The molecule has 2 rings (SSSR count). The number of rotatable bonds is 5. The number of Topliss-reactive ketones (excluding diaryl/α,β-unsaturated/α-hetero) is 1. The predicted octanol–water partition coefficient (Wildman–Crippen LogP) is 1.64. The molecule has 18 heavy (non-hydrogen) atoms. The van der Waals surface area contributed by atoms with Gasteiger partial charge in [-0.1, -0.05) is 0 Å². The molecule has 0 atom stereocenters. The SMILES string of the molecule is COc1ccc(C(=O)CCC(=O)N2CC2)cc1F. The first-order valence-corrected chi connectivity index (χ1v) is 5.76. The summed E-state index contributed by atoms with van der Waals surface area (Å²) in [5.41, 5.74) is 0.270. The molecule has 96 valence electrons. The minimum atomic E-state index is -0.569. The number of halogens is 1. The molecular weight excluding hydrogens is 237 g/mol. The average molecular weight is 251 g/mol. The normalized spacial score (nSPS) is 13.3. The highest BCUT2D eigenvalue weighted by Crippen LogP contribution is 2.19. The van der Waals surface area contributed by atoms with Crippen LogP contribution in [0.3, 0.4) is 0 Å². The number of carbonyl (C=O) groups excluding carboxylic acids is 2. The van der Waals surface area contributed by atoms with E-state index < -0.39 is 5.82 Å². The van der Waals surface area contributed by atoms with Crippen molar-refractivity contribution in [1.82, 2.24) is 4.90 Å². The number of ketones is 1. The summed E-state index contributed by atoms with van der Waals surface area (Å²) in [6.45, 7) is 1.56. The van der Waals surface area contributed by atoms with Crippen LogP contribution < -0.4 is 4.74 Å². The van der Waals surface area contributed by atoms with E-state index in [0.29, 0.717) is 0 Å². The quantitative estimate of drug-likeness (QED) is 0.590. The largest absolute Gasteiger partial charge is 0.494 e. The smallest absolute Gasteiger partial charge is 0.223 e. The van der Waals surface area contributed by atoms with Gasteiger partial charge in [0.2, 0.25) is 5.91 Å².